The van der Waals surface area contributed by atoms with Crippen LogP contribution in [0.1, 0.15) is 32.6 Å². The zero-order valence-corrected chi connectivity index (χ0v) is 8.94. The van der Waals surface area contributed by atoms with Gasteiger partial charge in [0.05, 0.1) is 19.1 Å². The number of nitrogens with one attached hydrogen (secondary N) is 1. The van der Waals surface area contributed by atoms with Crippen LogP contribution in [0.2, 0.25) is 0 Å². The van der Waals surface area contributed by atoms with E-state index in [0.717, 1.165) is 6.42 Å². The summed E-state index contributed by atoms with van der Waals surface area (Å²) in [5.74, 6) is 0. The Kier molecular flexibility index (Phi) is 4.86. The van der Waals surface area contributed by atoms with Crippen LogP contribution in [0.25, 0.3) is 0 Å². The Morgan fingerprint density at radius 3 is 2.53 bits per heavy atom. The molecule has 0 heterocycles. The maximum Gasteiger partial charge on any atom is 0.391 e. The van der Waals surface area contributed by atoms with Gasteiger partial charge >= 0.3 is 6.18 Å². The normalized spacial score (nSPS) is 19.2. The highest BCUT2D eigenvalue weighted by Gasteiger charge is 2.27. The molecule has 0 aromatic carbocycles. The molecule has 90 valence electrons. The lowest BCUT2D eigenvalue weighted by Gasteiger charge is -2.17. The predicted molar refractivity (Wildman–Crippen MR) is 51.7 cm³/mol. The summed E-state index contributed by atoms with van der Waals surface area (Å²) in [6.07, 6.45) is -1.95. The molecule has 0 radical (unpaired) electrons. The number of halogens is 3. The zero-order valence-electron chi connectivity index (χ0n) is 8.94. The third-order valence-corrected chi connectivity index (χ3v) is 2.41. The van der Waals surface area contributed by atoms with Crippen molar-refractivity contribution in [2.24, 2.45) is 0 Å². The van der Waals surface area contributed by atoms with E-state index in [1.54, 1.807) is 0 Å². The van der Waals surface area contributed by atoms with E-state index in [4.69, 9.17) is 4.74 Å². The minimum absolute atomic E-state index is 0.0899. The van der Waals surface area contributed by atoms with Crippen LogP contribution >= 0.6 is 0 Å². The number of hydrogen-bond acceptors (Lipinski definition) is 2. The zero-order chi connectivity index (χ0) is 11.3. The second-order valence-corrected chi connectivity index (χ2v) is 3.95. The highest BCUT2D eigenvalue weighted by molar-refractivity contribution is 4.81. The van der Waals surface area contributed by atoms with Crippen molar-refractivity contribution in [2.45, 2.75) is 50.9 Å². The summed E-state index contributed by atoms with van der Waals surface area (Å²) in [5, 5.41) is 3.25. The average molecular weight is 225 g/mol. The summed E-state index contributed by atoms with van der Waals surface area (Å²) in [5.41, 5.74) is 0. The van der Waals surface area contributed by atoms with Gasteiger partial charge in [0.15, 0.2) is 0 Å². The molecule has 0 saturated heterocycles. The number of ether oxygens (including phenoxy) is 1. The Balaban J connectivity index is 2.04. The molecule has 1 saturated carbocycles. The lowest BCUT2D eigenvalue weighted by molar-refractivity contribution is -0.149. The van der Waals surface area contributed by atoms with E-state index < -0.39 is 12.6 Å². The predicted octanol–water partition coefficient (Wildman–Crippen LogP) is 2.49. The van der Waals surface area contributed by atoms with Gasteiger partial charge in [-0.05, 0) is 19.3 Å². The molecule has 0 aromatic rings. The molecule has 0 aliphatic heterocycles. The lowest BCUT2D eigenvalue weighted by Crippen LogP contribution is -2.31. The van der Waals surface area contributed by atoms with Gasteiger partial charge in [-0.25, -0.2) is 0 Å². The molecule has 1 atom stereocenters. The van der Waals surface area contributed by atoms with E-state index in [1.807, 2.05) is 6.92 Å². The number of alkyl halides is 3. The molecule has 1 N–H and O–H groups in total. The van der Waals surface area contributed by atoms with Crippen LogP contribution in [0.3, 0.4) is 0 Å². The van der Waals surface area contributed by atoms with Crippen LogP contribution in [-0.4, -0.2) is 31.5 Å². The second-order valence-electron chi connectivity index (χ2n) is 3.95. The van der Waals surface area contributed by atoms with Crippen molar-refractivity contribution in [3.05, 3.63) is 0 Å². The average Bonchev–Trinajstić information content (AvgIpc) is 2.92. The highest BCUT2D eigenvalue weighted by atomic mass is 19.4. The van der Waals surface area contributed by atoms with E-state index in [0.29, 0.717) is 12.6 Å². The van der Waals surface area contributed by atoms with Crippen molar-refractivity contribution in [3.63, 3.8) is 0 Å². The summed E-state index contributed by atoms with van der Waals surface area (Å²) >= 11 is 0. The van der Waals surface area contributed by atoms with Crippen LogP contribution in [0, 0.1) is 0 Å². The quantitative estimate of drug-likeness (QED) is 0.718. The summed E-state index contributed by atoms with van der Waals surface area (Å²) < 4.78 is 40.7. The molecule has 1 aliphatic rings. The van der Waals surface area contributed by atoms with Crippen molar-refractivity contribution >= 4 is 0 Å². The van der Waals surface area contributed by atoms with Gasteiger partial charge in [0.1, 0.15) is 0 Å². The van der Waals surface area contributed by atoms with Gasteiger partial charge in [-0.1, -0.05) is 6.92 Å². The Bertz CT molecular complexity index is 180. The van der Waals surface area contributed by atoms with Crippen molar-refractivity contribution in [1.82, 2.24) is 5.32 Å². The molecule has 1 fully saturated rings. The van der Waals surface area contributed by atoms with E-state index in [2.05, 4.69) is 5.32 Å². The SMILES string of the molecule is CCC(CNC1CC1)OCCC(F)(F)F. The van der Waals surface area contributed by atoms with Gasteiger partial charge < -0.3 is 10.1 Å². The second kappa shape index (κ2) is 5.70. The maximum atomic E-state index is 11.8. The fourth-order valence-corrected chi connectivity index (χ4v) is 1.25. The Labute approximate surface area is 88.2 Å². The Morgan fingerprint density at radius 2 is 2.07 bits per heavy atom. The van der Waals surface area contributed by atoms with Gasteiger partial charge in [0.25, 0.3) is 0 Å². The molecule has 15 heavy (non-hydrogen) atoms. The molecular formula is C10H18F3NO. The number of rotatable bonds is 7. The van der Waals surface area contributed by atoms with Gasteiger partial charge in [0, 0.05) is 12.6 Å². The maximum absolute atomic E-state index is 11.8. The first kappa shape index (κ1) is 12.8. The molecule has 0 spiro atoms. The summed E-state index contributed by atoms with van der Waals surface area (Å²) in [4.78, 5) is 0. The summed E-state index contributed by atoms with van der Waals surface area (Å²) in [7, 11) is 0. The Hall–Kier alpha value is -0.290. The fraction of sp³-hybridized carbons (Fsp3) is 1.00. The molecular weight excluding hydrogens is 207 g/mol. The molecule has 5 heteroatoms. The molecule has 0 amide bonds. The lowest BCUT2D eigenvalue weighted by atomic mass is 10.2. The van der Waals surface area contributed by atoms with Gasteiger partial charge in [0.2, 0.25) is 0 Å². The fourth-order valence-electron chi connectivity index (χ4n) is 1.25. The highest BCUT2D eigenvalue weighted by Crippen LogP contribution is 2.20. The molecule has 0 bridgehead atoms. The van der Waals surface area contributed by atoms with Gasteiger partial charge in [-0.15, -0.1) is 0 Å². The molecule has 1 unspecified atom stereocenters. The van der Waals surface area contributed by atoms with Crippen LogP contribution in [-0.2, 0) is 4.74 Å². The van der Waals surface area contributed by atoms with E-state index in [9.17, 15) is 13.2 Å². The van der Waals surface area contributed by atoms with Crippen molar-refractivity contribution in [1.29, 1.82) is 0 Å². The third kappa shape index (κ3) is 6.73. The number of hydrogen-bond donors (Lipinski definition) is 1. The van der Waals surface area contributed by atoms with Crippen LogP contribution < -0.4 is 5.32 Å². The first-order valence-corrected chi connectivity index (χ1v) is 5.43. The van der Waals surface area contributed by atoms with Gasteiger partial charge in [-0.2, -0.15) is 13.2 Å². The molecule has 1 rings (SSSR count). The smallest absolute Gasteiger partial charge is 0.377 e. The van der Waals surface area contributed by atoms with Crippen molar-refractivity contribution < 1.29 is 17.9 Å². The van der Waals surface area contributed by atoms with E-state index in [1.165, 1.54) is 12.8 Å². The van der Waals surface area contributed by atoms with E-state index >= 15 is 0 Å². The molecule has 2 nitrogen and oxygen atoms in total. The minimum atomic E-state index is -4.11. The molecule has 0 aromatic heterocycles. The first-order chi connectivity index (χ1) is 7.01. The van der Waals surface area contributed by atoms with Gasteiger partial charge in [-0.3, -0.25) is 0 Å². The summed E-state index contributed by atoms with van der Waals surface area (Å²) in [6.45, 7) is 2.36. The summed E-state index contributed by atoms with van der Waals surface area (Å²) in [6, 6.07) is 0.574. The van der Waals surface area contributed by atoms with Crippen LogP contribution in [0.15, 0.2) is 0 Å². The third-order valence-electron chi connectivity index (χ3n) is 2.41. The van der Waals surface area contributed by atoms with Crippen LogP contribution in [0.4, 0.5) is 13.2 Å². The molecule has 1 aliphatic carbocycles. The monoisotopic (exact) mass is 225 g/mol. The first-order valence-electron chi connectivity index (χ1n) is 5.43. The topological polar surface area (TPSA) is 21.3 Å². The standard InChI is InChI=1S/C10H18F3NO/c1-2-9(7-14-8-3-4-8)15-6-5-10(11,12)13/h8-9,14H,2-7H2,1H3. The Morgan fingerprint density at radius 1 is 1.40 bits per heavy atom. The largest absolute Gasteiger partial charge is 0.391 e. The van der Waals surface area contributed by atoms with Crippen LogP contribution in [0.5, 0.6) is 0 Å². The minimum Gasteiger partial charge on any atom is -0.377 e. The van der Waals surface area contributed by atoms with Crippen molar-refractivity contribution in [3.8, 4) is 0 Å². The van der Waals surface area contributed by atoms with Crippen molar-refractivity contribution in [2.75, 3.05) is 13.2 Å². The van der Waals surface area contributed by atoms with E-state index in [-0.39, 0.29) is 12.7 Å².